The van der Waals surface area contributed by atoms with Gasteiger partial charge in [-0.2, -0.15) is 0 Å². The lowest BCUT2D eigenvalue weighted by molar-refractivity contribution is -0.151. The van der Waals surface area contributed by atoms with Gasteiger partial charge in [0, 0.05) is 18.5 Å². The summed E-state index contributed by atoms with van der Waals surface area (Å²) < 4.78 is 5.41. The Hall–Kier alpha value is -1.10. The number of fused-ring (bicyclic) bond motifs is 1. The van der Waals surface area contributed by atoms with Gasteiger partial charge in [0.05, 0.1) is 5.92 Å². The van der Waals surface area contributed by atoms with Crippen LogP contribution in [0, 0.1) is 34.5 Å². The number of hydrogen-bond donors (Lipinski definition) is 1. The lowest BCUT2D eigenvalue weighted by atomic mass is 9.50. The topological polar surface area (TPSA) is 58.6 Å². The normalized spacial score (nSPS) is 34.6. The summed E-state index contributed by atoms with van der Waals surface area (Å²) in [7, 11) is 3.94. The molecule has 3 saturated carbocycles. The minimum absolute atomic E-state index is 0.0353. The fraction of sp³-hybridized carbons (Fsp3) is 0.923. The second-order valence-corrected chi connectivity index (χ2v) is 12.2. The molecule has 3 aliphatic rings. The van der Waals surface area contributed by atoms with E-state index in [1.165, 1.54) is 19.3 Å². The first-order valence-corrected chi connectivity index (χ1v) is 12.6. The van der Waals surface area contributed by atoms with Crippen LogP contribution >= 0.6 is 0 Å². The van der Waals surface area contributed by atoms with E-state index in [4.69, 9.17) is 4.74 Å². The Balaban J connectivity index is 1.46. The molecule has 5 nitrogen and oxygen atoms in total. The number of carbonyl (C=O) groups is 2. The van der Waals surface area contributed by atoms with Gasteiger partial charge in [-0.15, -0.1) is 0 Å². The molecule has 0 bridgehead atoms. The lowest BCUT2D eigenvalue weighted by Gasteiger charge is -2.56. The Labute approximate surface area is 190 Å². The number of amides is 1. The summed E-state index contributed by atoms with van der Waals surface area (Å²) in [5.41, 5.74) is 0.795. The monoisotopic (exact) mass is 434 g/mol. The molecule has 1 N–H and O–H groups in total. The van der Waals surface area contributed by atoms with E-state index in [-0.39, 0.29) is 23.7 Å². The van der Waals surface area contributed by atoms with E-state index in [1.54, 1.807) is 0 Å². The van der Waals surface area contributed by atoms with E-state index in [0.29, 0.717) is 29.4 Å². The predicted octanol–water partition coefficient (Wildman–Crippen LogP) is 4.64. The fourth-order valence-corrected chi connectivity index (χ4v) is 6.47. The summed E-state index contributed by atoms with van der Waals surface area (Å²) in [6.07, 6.45) is 9.23. The van der Waals surface area contributed by atoms with Crippen molar-refractivity contribution in [1.29, 1.82) is 0 Å². The first-order valence-electron chi connectivity index (χ1n) is 12.6. The molecular formula is C26H46N2O3. The van der Waals surface area contributed by atoms with Crippen LogP contribution in [0.15, 0.2) is 0 Å². The minimum Gasteiger partial charge on any atom is -0.464 e. The third-order valence-corrected chi connectivity index (χ3v) is 8.83. The Kier molecular flexibility index (Phi) is 7.76. The van der Waals surface area contributed by atoms with Crippen molar-refractivity contribution in [1.82, 2.24) is 10.2 Å². The summed E-state index contributed by atoms with van der Waals surface area (Å²) in [6.45, 7) is 11.0. The third-order valence-electron chi connectivity index (χ3n) is 8.83. The zero-order valence-corrected chi connectivity index (χ0v) is 20.8. The molecule has 0 aromatic heterocycles. The van der Waals surface area contributed by atoms with E-state index in [9.17, 15) is 9.59 Å². The van der Waals surface area contributed by atoms with Crippen molar-refractivity contribution in [3.05, 3.63) is 0 Å². The quantitative estimate of drug-likeness (QED) is 0.619. The molecule has 3 unspecified atom stereocenters. The molecule has 178 valence electrons. The molecule has 0 radical (unpaired) electrons. The zero-order valence-electron chi connectivity index (χ0n) is 20.8. The molecular weight excluding hydrogens is 388 g/mol. The molecule has 0 aromatic rings. The van der Waals surface area contributed by atoms with E-state index in [2.05, 4.69) is 33.0 Å². The van der Waals surface area contributed by atoms with Crippen LogP contribution in [-0.2, 0) is 14.3 Å². The van der Waals surface area contributed by atoms with Gasteiger partial charge in [0.1, 0.15) is 6.61 Å². The largest absolute Gasteiger partial charge is 0.464 e. The fourth-order valence-electron chi connectivity index (χ4n) is 6.47. The molecule has 31 heavy (non-hydrogen) atoms. The second-order valence-electron chi connectivity index (χ2n) is 12.2. The first-order chi connectivity index (χ1) is 14.5. The number of nitrogens with zero attached hydrogens (tertiary/aromatic N) is 1. The van der Waals surface area contributed by atoms with E-state index < -0.39 is 0 Å². The van der Waals surface area contributed by atoms with Crippen molar-refractivity contribution in [3.8, 4) is 0 Å². The molecule has 3 fully saturated rings. The molecule has 0 aromatic carbocycles. The molecule has 3 atom stereocenters. The van der Waals surface area contributed by atoms with E-state index >= 15 is 0 Å². The van der Waals surface area contributed by atoms with Crippen molar-refractivity contribution >= 4 is 11.9 Å². The van der Waals surface area contributed by atoms with Gasteiger partial charge in [-0.05, 0) is 94.5 Å². The van der Waals surface area contributed by atoms with Crippen molar-refractivity contribution in [2.45, 2.75) is 91.5 Å². The standard InChI is InChI=1S/C26H46N2O3/c1-25(2)13-14-26(3,4)22-17-20(11-12-21(22)25)27-23(29)18-7-9-19(10-8-18)24(30)31-16-15-28(5)6/h18-22H,7-17H2,1-6H3,(H,27,29). The highest BCUT2D eigenvalue weighted by atomic mass is 16.5. The van der Waals surface area contributed by atoms with Crippen LogP contribution in [0.1, 0.15) is 85.5 Å². The van der Waals surface area contributed by atoms with Crippen LogP contribution in [-0.4, -0.2) is 50.1 Å². The molecule has 0 spiro atoms. The van der Waals surface area contributed by atoms with Gasteiger partial charge in [0.25, 0.3) is 0 Å². The van der Waals surface area contributed by atoms with Crippen molar-refractivity contribution in [3.63, 3.8) is 0 Å². The summed E-state index contributed by atoms with van der Waals surface area (Å²) in [5, 5.41) is 3.42. The minimum atomic E-state index is -0.0822. The van der Waals surface area contributed by atoms with Crippen molar-refractivity contribution in [2.75, 3.05) is 27.2 Å². The van der Waals surface area contributed by atoms with Gasteiger partial charge in [-0.3, -0.25) is 9.59 Å². The number of carbonyl (C=O) groups excluding carboxylic acids is 2. The third kappa shape index (κ3) is 6.03. The van der Waals surface area contributed by atoms with E-state index in [1.807, 2.05) is 19.0 Å². The molecule has 3 rings (SSSR count). The Bertz CT molecular complexity index is 635. The van der Waals surface area contributed by atoms with Crippen LogP contribution in [0.3, 0.4) is 0 Å². The smallest absolute Gasteiger partial charge is 0.308 e. The number of esters is 1. The highest BCUT2D eigenvalue weighted by molar-refractivity contribution is 5.79. The molecule has 0 saturated heterocycles. The maximum absolute atomic E-state index is 13.0. The summed E-state index contributed by atoms with van der Waals surface area (Å²) in [5.74, 6) is 1.63. The average Bonchev–Trinajstić information content (AvgIpc) is 2.71. The van der Waals surface area contributed by atoms with Crippen molar-refractivity contribution in [2.24, 2.45) is 34.5 Å². The highest BCUT2D eigenvalue weighted by Gasteiger charge is 2.50. The molecule has 0 heterocycles. The van der Waals surface area contributed by atoms with Crippen LogP contribution in [0.4, 0.5) is 0 Å². The maximum Gasteiger partial charge on any atom is 0.308 e. The number of hydrogen-bond acceptors (Lipinski definition) is 4. The van der Waals surface area contributed by atoms with Gasteiger partial charge >= 0.3 is 5.97 Å². The summed E-state index contributed by atoms with van der Waals surface area (Å²) in [4.78, 5) is 27.3. The molecule has 5 heteroatoms. The van der Waals surface area contributed by atoms with Gasteiger partial charge < -0.3 is 15.0 Å². The Morgan fingerprint density at radius 2 is 1.45 bits per heavy atom. The number of ether oxygens (including phenoxy) is 1. The Morgan fingerprint density at radius 1 is 0.871 bits per heavy atom. The van der Waals surface area contributed by atoms with Crippen LogP contribution in [0.2, 0.25) is 0 Å². The van der Waals surface area contributed by atoms with Crippen LogP contribution in [0.25, 0.3) is 0 Å². The molecule has 3 aliphatic carbocycles. The maximum atomic E-state index is 13.0. The Morgan fingerprint density at radius 3 is 2.06 bits per heavy atom. The SMILES string of the molecule is CN(C)CCOC(=O)C1CCC(C(=O)NC2CCC3C(C2)C(C)(C)CCC3(C)C)CC1. The number of nitrogens with one attached hydrogen (secondary N) is 1. The van der Waals surface area contributed by atoms with Crippen molar-refractivity contribution < 1.29 is 14.3 Å². The molecule has 1 amide bonds. The van der Waals surface area contributed by atoms with Crippen LogP contribution in [0.5, 0.6) is 0 Å². The van der Waals surface area contributed by atoms with Crippen LogP contribution < -0.4 is 5.32 Å². The summed E-state index contributed by atoms with van der Waals surface area (Å²) >= 11 is 0. The predicted molar refractivity (Wildman–Crippen MR) is 125 cm³/mol. The second kappa shape index (κ2) is 9.80. The number of likely N-dealkylation sites (N-methyl/N-ethyl adjacent to an activating group) is 1. The lowest BCUT2D eigenvalue weighted by Crippen LogP contribution is -2.52. The van der Waals surface area contributed by atoms with E-state index in [0.717, 1.165) is 51.0 Å². The molecule has 0 aliphatic heterocycles. The average molecular weight is 435 g/mol. The summed E-state index contributed by atoms with van der Waals surface area (Å²) in [6, 6.07) is 0.315. The van der Waals surface area contributed by atoms with Gasteiger partial charge in [0.2, 0.25) is 5.91 Å². The zero-order chi connectivity index (χ0) is 22.8. The van der Waals surface area contributed by atoms with Gasteiger partial charge in [-0.25, -0.2) is 0 Å². The first kappa shape index (κ1) is 24.5. The number of rotatable bonds is 6. The van der Waals surface area contributed by atoms with Gasteiger partial charge in [0.15, 0.2) is 0 Å². The highest BCUT2D eigenvalue weighted by Crippen LogP contribution is 2.57. The van der Waals surface area contributed by atoms with Gasteiger partial charge in [-0.1, -0.05) is 27.7 Å².